The topological polar surface area (TPSA) is 39.7 Å². The van der Waals surface area contributed by atoms with E-state index in [-0.39, 0.29) is 24.0 Å². The number of benzene rings is 1. The number of piperidine rings is 1. The van der Waals surface area contributed by atoms with Crippen LogP contribution in [0.5, 0.6) is 0 Å². The number of aliphatic imine (C=N–C) groups is 1. The molecule has 0 radical (unpaired) electrons. The lowest BCUT2D eigenvalue weighted by atomic mass is 9.99. The first-order valence-corrected chi connectivity index (χ1v) is 9.32. The van der Waals surface area contributed by atoms with Crippen LogP contribution in [0, 0.1) is 11.8 Å². The van der Waals surface area contributed by atoms with E-state index in [1.165, 1.54) is 37.1 Å². The second-order valence-electron chi connectivity index (χ2n) is 7.45. The average Bonchev–Trinajstić information content (AvgIpc) is 2.56. The molecule has 5 heteroatoms. The second-order valence-corrected chi connectivity index (χ2v) is 7.45. The van der Waals surface area contributed by atoms with E-state index in [1.54, 1.807) is 0 Å². The van der Waals surface area contributed by atoms with E-state index in [9.17, 15) is 0 Å². The molecular formula is C20H35IN4. The van der Waals surface area contributed by atoms with Gasteiger partial charge in [-0.05, 0) is 42.3 Å². The SMILES string of the molecule is CN=C(NCc1ccccc1CN1CCCC(C)C1)NCC(C)C.I. The highest BCUT2D eigenvalue weighted by Crippen LogP contribution is 2.19. The first-order valence-electron chi connectivity index (χ1n) is 9.32. The average molecular weight is 458 g/mol. The van der Waals surface area contributed by atoms with Gasteiger partial charge in [-0.3, -0.25) is 9.89 Å². The molecule has 25 heavy (non-hydrogen) atoms. The van der Waals surface area contributed by atoms with Crippen molar-refractivity contribution in [3.05, 3.63) is 35.4 Å². The number of halogens is 1. The fourth-order valence-electron chi connectivity index (χ4n) is 3.26. The van der Waals surface area contributed by atoms with Crippen LogP contribution in [0.25, 0.3) is 0 Å². The van der Waals surface area contributed by atoms with Crippen molar-refractivity contribution in [1.29, 1.82) is 0 Å². The molecule has 1 aliphatic heterocycles. The maximum atomic E-state index is 4.31. The Balaban J connectivity index is 0.00000312. The van der Waals surface area contributed by atoms with Gasteiger partial charge in [-0.15, -0.1) is 24.0 Å². The predicted molar refractivity (Wildman–Crippen MR) is 119 cm³/mol. The van der Waals surface area contributed by atoms with Crippen LogP contribution in [-0.2, 0) is 13.1 Å². The van der Waals surface area contributed by atoms with E-state index >= 15 is 0 Å². The molecule has 0 bridgehead atoms. The molecule has 2 N–H and O–H groups in total. The van der Waals surface area contributed by atoms with Gasteiger partial charge in [0.25, 0.3) is 0 Å². The summed E-state index contributed by atoms with van der Waals surface area (Å²) in [5, 5.41) is 6.82. The lowest BCUT2D eigenvalue weighted by molar-refractivity contribution is 0.176. The van der Waals surface area contributed by atoms with Gasteiger partial charge in [0.1, 0.15) is 0 Å². The van der Waals surface area contributed by atoms with Crippen molar-refractivity contribution in [3.63, 3.8) is 0 Å². The summed E-state index contributed by atoms with van der Waals surface area (Å²) in [5.41, 5.74) is 2.79. The summed E-state index contributed by atoms with van der Waals surface area (Å²) in [6.45, 7) is 12.0. The molecule has 2 rings (SSSR count). The monoisotopic (exact) mass is 458 g/mol. The van der Waals surface area contributed by atoms with E-state index in [1.807, 2.05) is 7.05 Å². The maximum absolute atomic E-state index is 4.31. The summed E-state index contributed by atoms with van der Waals surface area (Å²) in [4.78, 5) is 6.91. The van der Waals surface area contributed by atoms with Crippen molar-refractivity contribution < 1.29 is 0 Å². The molecule has 1 aromatic carbocycles. The van der Waals surface area contributed by atoms with Gasteiger partial charge in [0, 0.05) is 33.2 Å². The van der Waals surface area contributed by atoms with Crippen molar-refractivity contribution in [3.8, 4) is 0 Å². The van der Waals surface area contributed by atoms with Crippen LogP contribution >= 0.6 is 24.0 Å². The number of rotatable bonds is 6. The molecule has 1 atom stereocenters. The largest absolute Gasteiger partial charge is 0.356 e. The Bertz CT molecular complexity index is 530. The van der Waals surface area contributed by atoms with Crippen molar-refractivity contribution in [2.75, 3.05) is 26.7 Å². The number of nitrogens with zero attached hydrogens (tertiary/aromatic N) is 2. The number of guanidine groups is 1. The van der Waals surface area contributed by atoms with E-state index < -0.39 is 0 Å². The molecule has 142 valence electrons. The van der Waals surface area contributed by atoms with Crippen LogP contribution in [0.2, 0.25) is 0 Å². The number of hydrogen-bond acceptors (Lipinski definition) is 2. The van der Waals surface area contributed by atoms with Gasteiger partial charge in [0.05, 0.1) is 0 Å². The zero-order chi connectivity index (χ0) is 17.4. The molecule has 4 nitrogen and oxygen atoms in total. The summed E-state index contributed by atoms with van der Waals surface area (Å²) in [6, 6.07) is 8.77. The molecule has 0 saturated carbocycles. The van der Waals surface area contributed by atoms with E-state index in [0.717, 1.165) is 31.5 Å². The van der Waals surface area contributed by atoms with Crippen LogP contribution in [0.3, 0.4) is 0 Å². The Kier molecular flexibility index (Phi) is 10.4. The minimum absolute atomic E-state index is 0. The van der Waals surface area contributed by atoms with Gasteiger partial charge in [0.2, 0.25) is 0 Å². The molecule has 1 aromatic rings. The number of nitrogens with one attached hydrogen (secondary N) is 2. The summed E-state index contributed by atoms with van der Waals surface area (Å²) in [7, 11) is 1.83. The van der Waals surface area contributed by atoms with Gasteiger partial charge in [0.15, 0.2) is 5.96 Å². The zero-order valence-corrected chi connectivity index (χ0v) is 18.5. The smallest absolute Gasteiger partial charge is 0.191 e. The third kappa shape index (κ3) is 7.94. The first-order chi connectivity index (χ1) is 11.6. The fraction of sp³-hybridized carbons (Fsp3) is 0.650. The highest BCUT2D eigenvalue weighted by Gasteiger charge is 2.17. The number of hydrogen-bond donors (Lipinski definition) is 2. The molecule has 1 fully saturated rings. The van der Waals surface area contributed by atoms with Crippen LogP contribution in [0.1, 0.15) is 44.7 Å². The van der Waals surface area contributed by atoms with Crippen molar-refractivity contribution in [2.24, 2.45) is 16.8 Å². The summed E-state index contributed by atoms with van der Waals surface area (Å²) >= 11 is 0. The minimum Gasteiger partial charge on any atom is -0.356 e. The van der Waals surface area contributed by atoms with E-state index in [0.29, 0.717) is 5.92 Å². The Labute approximate surface area is 170 Å². The van der Waals surface area contributed by atoms with Crippen LogP contribution in [0.15, 0.2) is 29.3 Å². The lowest BCUT2D eigenvalue weighted by Gasteiger charge is -2.31. The molecule has 0 aromatic heterocycles. The standard InChI is InChI=1S/C20H34N4.HI/c1-16(2)12-22-20(21-4)23-13-18-9-5-6-10-19(18)15-24-11-7-8-17(3)14-24;/h5-6,9-10,16-17H,7-8,11-15H2,1-4H3,(H2,21,22,23);1H. The van der Waals surface area contributed by atoms with Gasteiger partial charge < -0.3 is 10.6 Å². The third-order valence-electron chi connectivity index (χ3n) is 4.60. The van der Waals surface area contributed by atoms with Crippen LogP contribution < -0.4 is 10.6 Å². The van der Waals surface area contributed by atoms with Crippen LogP contribution in [-0.4, -0.2) is 37.5 Å². The molecule has 1 aliphatic rings. The lowest BCUT2D eigenvalue weighted by Crippen LogP contribution is -2.39. The summed E-state index contributed by atoms with van der Waals surface area (Å²) in [5.74, 6) is 2.31. The fourth-order valence-corrected chi connectivity index (χ4v) is 3.26. The van der Waals surface area contributed by atoms with Crippen LogP contribution in [0.4, 0.5) is 0 Å². The zero-order valence-electron chi connectivity index (χ0n) is 16.2. The molecular weight excluding hydrogens is 423 g/mol. The summed E-state index contributed by atoms with van der Waals surface area (Å²) in [6.07, 6.45) is 2.70. The number of likely N-dealkylation sites (tertiary alicyclic amines) is 1. The molecule has 0 aliphatic carbocycles. The Morgan fingerprint density at radius 3 is 2.60 bits per heavy atom. The minimum atomic E-state index is 0. The van der Waals surface area contributed by atoms with Crippen molar-refractivity contribution in [1.82, 2.24) is 15.5 Å². The molecule has 0 spiro atoms. The van der Waals surface area contributed by atoms with Gasteiger partial charge in [-0.2, -0.15) is 0 Å². The quantitative estimate of drug-likeness (QED) is 0.387. The highest BCUT2D eigenvalue weighted by atomic mass is 127. The predicted octanol–water partition coefficient (Wildman–Crippen LogP) is 3.86. The molecule has 1 unspecified atom stereocenters. The Morgan fingerprint density at radius 2 is 1.96 bits per heavy atom. The Hall–Kier alpha value is -0.820. The van der Waals surface area contributed by atoms with E-state index in [2.05, 4.69) is 65.6 Å². The summed E-state index contributed by atoms with van der Waals surface area (Å²) < 4.78 is 0. The van der Waals surface area contributed by atoms with Crippen molar-refractivity contribution >= 4 is 29.9 Å². The van der Waals surface area contributed by atoms with E-state index in [4.69, 9.17) is 0 Å². The van der Waals surface area contributed by atoms with Crippen molar-refractivity contribution in [2.45, 2.75) is 46.7 Å². The second kappa shape index (κ2) is 11.7. The van der Waals surface area contributed by atoms with Gasteiger partial charge in [-0.25, -0.2) is 0 Å². The highest BCUT2D eigenvalue weighted by molar-refractivity contribution is 14.0. The normalized spacial score (nSPS) is 18.8. The molecule has 1 saturated heterocycles. The molecule has 0 amide bonds. The van der Waals surface area contributed by atoms with Gasteiger partial charge >= 0.3 is 0 Å². The Morgan fingerprint density at radius 1 is 1.24 bits per heavy atom. The third-order valence-corrected chi connectivity index (χ3v) is 4.60. The van der Waals surface area contributed by atoms with Gasteiger partial charge in [-0.1, -0.05) is 45.0 Å². The first kappa shape index (κ1) is 22.2. The molecule has 1 heterocycles. The maximum Gasteiger partial charge on any atom is 0.191 e.